The molecule has 0 spiro atoms. The van der Waals surface area contributed by atoms with Crippen LogP contribution in [0.2, 0.25) is 0 Å². The molecule has 9 heteroatoms. The van der Waals surface area contributed by atoms with E-state index in [2.05, 4.69) is 9.71 Å². The molecule has 0 saturated heterocycles. The summed E-state index contributed by atoms with van der Waals surface area (Å²) in [5.41, 5.74) is 2.12. The first-order chi connectivity index (χ1) is 11.9. The lowest BCUT2D eigenvalue weighted by Gasteiger charge is -2.07. The van der Waals surface area contributed by atoms with Crippen molar-refractivity contribution in [3.8, 4) is 0 Å². The number of benzene rings is 2. The highest BCUT2D eigenvalue weighted by atomic mass is 32.2. The van der Waals surface area contributed by atoms with Crippen LogP contribution < -0.4 is 4.72 Å². The number of nitrogens with zero attached hydrogens (tertiary/aromatic N) is 3. The minimum atomic E-state index is -3.59. The zero-order valence-corrected chi connectivity index (χ0v) is 14.2. The van der Waals surface area contributed by atoms with Gasteiger partial charge in [0.2, 0.25) is 10.0 Å². The predicted molar refractivity (Wildman–Crippen MR) is 93.3 cm³/mol. The lowest BCUT2D eigenvalue weighted by Crippen LogP contribution is -2.26. The molecule has 3 aromatic rings. The molecule has 1 N–H and O–H groups in total. The van der Waals surface area contributed by atoms with Crippen molar-refractivity contribution in [2.45, 2.75) is 12.3 Å². The number of non-ortho nitro benzene ring substituents is 1. The van der Waals surface area contributed by atoms with Crippen LogP contribution >= 0.6 is 0 Å². The Morgan fingerprint density at radius 1 is 1.16 bits per heavy atom. The summed E-state index contributed by atoms with van der Waals surface area (Å²) in [6.07, 6.45) is 0. The molecule has 3 rings (SSSR count). The van der Waals surface area contributed by atoms with Gasteiger partial charge in [-0.2, -0.15) is 0 Å². The second-order valence-electron chi connectivity index (χ2n) is 5.58. The van der Waals surface area contributed by atoms with Crippen molar-refractivity contribution in [1.82, 2.24) is 14.3 Å². The lowest BCUT2D eigenvalue weighted by molar-refractivity contribution is -0.384. The Bertz CT molecular complexity index is 1030. The Morgan fingerprint density at radius 2 is 1.84 bits per heavy atom. The third-order valence-electron chi connectivity index (χ3n) is 3.83. The van der Waals surface area contributed by atoms with E-state index in [0.29, 0.717) is 11.4 Å². The zero-order valence-electron chi connectivity index (χ0n) is 13.4. The molecule has 0 radical (unpaired) electrons. The van der Waals surface area contributed by atoms with Gasteiger partial charge in [-0.15, -0.1) is 0 Å². The number of para-hydroxylation sites is 2. The summed E-state index contributed by atoms with van der Waals surface area (Å²) in [7, 11) is -1.76. The molecule has 25 heavy (non-hydrogen) atoms. The van der Waals surface area contributed by atoms with Crippen LogP contribution in [-0.2, 0) is 29.4 Å². The van der Waals surface area contributed by atoms with Crippen LogP contribution in [0.25, 0.3) is 11.0 Å². The summed E-state index contributed by atoms with van der Waals surface area (Å²) in [4.78, 5) is 14.5. The summed E-state index contributed by atoms with van der Waals surface area (Å²) in [5.74, 6) is 0.350. The van der Waals surface area contributed by atoms with E-state index in [-0.39, 0.29) is 18.0 Å². The summed E-state index contributed by atoms with van der Waals surface area (Å²) in [6.45, 7) is 0.0699. The van der Waals surface area contributed by atoms with E-state index >= 15 is 0 Å². The van der Waals surface area contributed by atoms with Crippen LogP contribution in [-0.4, -0.2) is 22.9 Å². The Kier molecular flexibility index (Phi) is 4.51. The number of nitro benzene ring substituents is 1. The maximum absolute atomic E-state index is 12.2. The topological polar surface area (TPSA) is 107 Å². The number of aromatic nitrogens is 2. The molecule has 0 aliphatic rings. The first kappa shape index (κ1) is 17.1. The number of sulfonamides is 1. The Hall–Kier alpha value is -2.78. The summed E-state index contributed by atoms with van der Waals surface area (Å²) in [6, 6.07) is 13.0. The molecule has 0 fully saturated rings. The van der Waals surface area contributed by atoms with Crippen LogP contribution in [0.1, 0.15) is 11.4 Å². The highest BCUT2D eigenvalue weighted by Crippen LogP contribution is 2.16. The number of fused-ring (bicyclic) bond motifs is 1. The fourth-order valence-corrected chi connectivity index (χ4v) is 3.59. The van der Waals surface area contributed by atoms with Crippen molar-refractivity contribution in [3.63, 3.8) is 0 Å². The second-order valence-corrected chi connectivity index (χ2v) is 7.39. The maximum atomic E-state index is 12.2. The largest absolute Gasteiger partial charge is 0.330 e. The van der Waals surface area contributed by atoms with E-state index in [4.69, 9.17) is 0 Å². The SMILES string of the molecule is Cn1c(CNS(=O)(=O)Cc2ccc([N+](=O)[O-])cc2)nc2ccccc21. The number of nitrogens with one attached hydrogen (secondary N) is 1. The van der Waals surface area contributed by atoms with Crippen molar-refractivity contribution in [2.24, 2.45) is 7.05 Å². The predicted octanol–water partition coefficient (Wildman–Crippen LogP) is 2.10. The molecule has 0 bridgehead atoms. The van der Waals surface area contributed by atoms with Gasteiger partial charge in [-0.3, -0.25) is 10.1 Å². The summed E-state index contributed by atoms with van der Waals surface area (Å²) >= 11 is 0. The number of nitro groups is 1. The molecule has 0 atom stereocenters. The fourth-order valence-electron chi connectivity index (χ4n) is 2.51. The lowest BCUT2D eigenvalue weighted by atomic mass is 10.2. The van der Waals surface area contributed by atoms with Gasteiger partial charge in [-0.05, 0) is 17.7 Å². The van der Waals surface area contributed by atoms with E-state index in [9.17, 15) is 18.5 Å². The van der Waals surface area contributed by atoms with Crippen LogP contribution in [0.3, 0.4) is 0 Å². The van der Waals surface area contributed by atoms with Gasteiger partial charge in [0.15, 0.2) is 0 Å². The monoisotopic (exact) mass is 360 g/mol. The van der Waals surface area contributed by atoms with Crippen molar-refractivity contribution in [2.75, 3.05) is 0 Å². The zero-order chi connectivity index (χ0) is 18.0. The molecule has 0 aliphatic heterocycles. The van der Waals surface area contributed by atoms with E-state index in [1.54, 1.807) is 0 Å². The Labute approximate surface area is 144 Å². The summed E-state index contributed by atoms with van der Waals surface area (Å²) in [5, 5.41) is 10.6. The van der Waals surface area contributed by atoms with Crippen LogP contribution in [0.5, 0.6) is 0 Å². The van der Waals surface area contributed by atoms with Crippen molar-refractivity contribution >= 4 is 26.7 Å². The minimum Gasteiger partial charge on any atom is -0.330 e. The second kappa shape index (κ2) is 6.61. The average Bonchev–Trinajstić information content (AvgIpc) is 2.90. The highest BCUT2D eigenvalue weighted by molar-refractivity contribution is 7.88. The van der Waals surface area contributed by atoms with Gasteiger partial charge in [-0.25, -0.2) is 18.1 Å². The molecule has 0 aliphatic carbocycles. The molecular weight excluding hydrogens is 344 g/mol. The number of imidazole rings is 1. The maximum Gasteiger partial charge on any atom is 0.269 e. The molecule has 1 aromatic heterocycles. The van der Waals surface area contributed by atoms with Gasteiger partial charge >= 0.3 is 0 Å². The number of hydrogen-bond acceptors (Lipinski definition) is 5. The molecule has 8 nitrogen and oxygen atoms in total. The third kappa shape index (κ3) is 3.83. The van der Waals surface area contributed by atoms with Gasteiger partial charge in [0.1, 0.15) is 5.82 Å². The quantitative estimate of drug-likeness (QED) is 0.535. The van der Waals surface area contributed by atoms with Gasteiger partial charge in [-0.1, -0.05) is 24.3 Å². The molecule has 130 valence electrons. The van der Waals surface area contributed by atoms with Crippen LogP contribution in [0.15, 0.2) is 48.5 Å². The van der Waals surface area contributed by atoms with E-state index in [1.165, 1.54) is 24.3 Å². The number of hydrogen-bond donors (Lipinski definition) is 1. The van der Waals surface area contributed by atoms with Gasteiger partial charge < -0.3 is 4.57 Å². The standard InChI is InChI=1S/C16H16N4O4S/c1-19-15-5-3-2-4-14(15)18-16(19)10-17-25(23,24)11-12-6-8-13(9-7-12)20(21)22/h2-9,17H,10-11H2,1H3. The molecule has 2 aromatic carbocycles. The average molecular weight is 360 g/mol. The van der Waals surface area contributed by atoms with Gasteiger partial charge in [0, 0.05) is 19.2 Å². The molecular formula is C16H16N4O4S. The highest BCUT2D eigenvalue weighted by Gasteiger charge is 2.15. The summed E-state index contributed by atoms with van der Waals surface area (Å²) < 4.78 is 28.8. The normalized spacial score (nSPS) is 11.7. The molecule has 0 amide bonds. The van der Waals surface area contributed by atoms with Crippen LogP contribution in [0.4, 0.5) is 5.69 Å². The first-order valence-corrected chi connectivity index (χ1v) is 9.12. The number of rotatable bonds is 6. The Morgan fingerprint density at radius 3 is 2.48 bits per heavy atom. The van der Waals surface area contributed by atoms with E-state index in [0.717, 1.165) is 11.0 Å². The van der Waals surface area contributed by atoms with E-state index < -0.39 is 14.9 Å². The van der Waals surface area contributed by atoms with Gasteiger partial charge in [0.25, 0.3) is 5.69 Å². The Balaban J connectivity index is 1.70. The van der Waals surface area contributed by atoms with Crippen molar-refractivity contribution in [1.29, 1.82) is 0 Å². The number of aryl methyl sites for hydroxylation is 1. The van der Waals surface area contributed by atoms with Crippen molar-refractivity contribution in [3.05, 3.63) is 70.0 Å². The smallest absolute Gasteiger partial charge is 0.269 e. The van der Waals surface area contributed by atoms with E-state index in [1.807, 2.05) is 35.9 Å². The van der Waals surface area contributed by atoms with Crippen LogP contribution in [0, 0.1) is 10.1 Å². The van der Waals surface area contributed by atoms with Gasteiger partial charge in [0.05, 0.1) is 28.3 Å². The van der Waals surface area contributed by atoms with Crippen molar-refractivity contribution < 1.29 is 13.3 Å². The molecule has 0 unspecified atom stereocenters. The molecule has 0 saturated carbocycles. The fraction of sp³-hybridized carbons (Fsp3) is 0.188. The third-order valence-corrected chi connectivity index (χ3v) is 5.13. The minimum absolute atomic E-state index is 0.0699. The molecule has 1 heterocycles. The first-order valence-electron chi connectivity index (χ1n) is 7.47.